The van der Waals surface area contributed by atoms with Crippen molar-refractivity contribution in [3.63, 3.8) is 0 Å². The molecular formula is C18H18N6O2. The van der Waals surface area contributed by atoms with Crippen molar-refractivity contribution in [1.82, 2.24) is 25.8 Å². The van der Waals surface area contributed by atoms with Crippen LogP contribution in [-0.4, -0.2) is 33.4 Å². The molecule has 3 rings (SSSR count). The highest BCUT2D eigenvalue weighted by Gasteiger charge is 2.12. The van der Waals surface area contributed by atoms with Gasteiger partial charge in [-0.05, 0) is 31.2 Å². The molecule has 0 saturated heterocycles. The van der Waals surface area contributed by atoms with Gasteiger partial charge >= 0.3 is 0 Å². The van der Waals surface area contributed by atoms with E-state index in [1.807, 2.05) is 61.5 Å². The van der Waals surface area contributed by atoms with Crippen molar-refractivity contribution in [2.24, 2.45) is 0 Å². The summed E-state index contributed by atoms with van der Waals surface area (Å²) in [7, 11) is 0. The Balaban J connectivity index is 1.48. The summed E-state index contributed by atoms with van der Waals surface area (Å²) in [6, 6.07) is 16.9. The minimum absolute atomic E-state index is 0.0278. The number of hydrogen-bond donors (Lipinski definition) is 3. The molecule has 2 aromatic carbocycles. The third kappa shape index (κ3) is 4.44. The molecule has 0 aliphatic heterocycles. The zero-order valence-electron chi connectivity index (χ0n) is 14.1. The number of para-hydroxylation sites is 1. The Kier molecular flexibility index (Phi) is 5.23. The zero-order chi connectivity index (χ0) is 18.4. The monoisotopic (exact) mass is 350 g/mol. The fraction of sp³-hybridized carbons (Fsp3) is 0.111. The van der Waals surface area contributed by atoms with Crippen LogP contribution in [0.5, 0.6) is 0 Å². The standard InChI is InChI=1S/C18H18N6O2/c1-13-7-9-14(10-8-13)19-12-17(25)21-22-18(26)16-11-20-24(23-16)15-5-3-2-4-6-15/h2-11,19H,12H2,1H3,(H,21,25)(H,22,26). The molecule has 1 aromatic heterocycles. The molecule has 0 bridgehead atoms. The highest BCUT2D eigenvalue weighted by molar-refractivity contribution is 5.93. The molecule has 132 valence electrons. The lowest BCUT2D eigenvalue weighted by atomic mass is 10.2. The number of aromatic nitrogens is 3. The topological polar surface area (TPSA) is 101 Å². The second kappa shape index (κ2) is 7.93. The van der Waals surface area contributed by atoms with E-state index in [1.54, 1.807) is 0 Å². The molecule has 0 saturated carbocycles. The molecule has 0 aliphatic carbocycles. The van der Waals surface area contributed by atoms with Crippen LogP contribution in [0.4, 0.5) is 5.69 Å². The quantitative estimate of drug-likeness (QED) is 0.605. The van der Waals surface area contributed by atoms with Gasteiger partial charge in [0, 0.05) is 5.69 Å². The van der Waals surface area contributed by atoms with Gasteiger partial charge in [-0.25, -0.2) is 0 Å². The molecule has 0 spiro atoms. The van der Waals surface area contributed by atoms with Gasteiger partial charge in [0.1, 0.15) is 0 Å². The molecular weight excluding hydrogens is 332 g/mol. The van der Waals surface area contributed by atoms with Gasteiger partial charge in [0.25, 0.3) is 11.8 Å². The molecule has 3 aromatic rings. The summed E-state index contributed by atoms with van der Waals surface area (Å²) in [5.41, 5.74) is 7.44. The largest absolute Gasteiger partial charge is 0.376 e. The summed E-state index contributed by atoms with van der Waals surface area (Å²) in [6.45, 7) is 2.01. The maximum absolute atomic E-state index is 12.0. The summed E-state index contributed by atoms with van der Waals surface area (Å²) in [6.07, 6.45) is 1.33. The maximum atomic E-state index is 12.0. The number of nitrogens with one attached hydrogen (secondary N) is 3. The molecule has 2 amide bonds. The number of carbonyl (C=O) groups excluding carboxylic acids is 2. The summed E-state index contributed by atoms with van der Waals surface area (Å²) in [5.74, 6) is -0.926. The van der Waals surface area contributed by atoms with Crippen molar-refractivity contribution < 1.29 is 9.59 Å². The first-order chi connectivity index (χ1) is 12.6. The predicted octanol–water partition coefficient (Wildman–Crippen LogP) is 1.45. The third-order valence-electron chi connectivity index (χ3n) is 3.53. The van der Waals surface area contributed by atoms with Gasteiger partial charge in [0.05, 0.1) is 18.4 Å². The van der Waals surface area contributed by atoms with Crippen LogP contribution in [-0.2, 0) is 4.79 Å². The summed E-state index contributed by atoms with van der Waals surface area (Å²) in [4.78, 5) is 25.2. The molecule has 26 heavy (non-hydrogen) atoms. The van der Waals surface area contributed by atoms with E-state index >= 15 is 0 Å². The normalized spacial score (nSPS) is 10.2. The molecule has 0 unspecified atom stereocenters. The maximum Gasteiger partial charge on any atom is 0.291 e. The smallest absolute Gasteiger partial charge is 0.291 e. The van der Waals surface area contributed by atoms with Crippen LogP contribution >= 0.6 is 0 Å². The number of benzene rings is 2. The van der Waals surface area contributed by atoms with Gasteiger partial charge in [0.2, 0.25) is 0 Å². The molecule has 0 fully saturated rings. The van der Waals surface area contributed by atoms with Crippen LogP contribution in [0.25, 0.3) is 5.69 Å². The van der Waals surface area contributed by atoms with Crippen molar-refractivity contribution >= 4 is 17.5 Å². The van der Waals surface area contributed by atoms with E-state index < -0.39 is 5.91 Å². The zero-order valence-corrected chi connectivity index (χ0v) is 14.1. The fourth-order valence-corrected chi connectivity index (χ4v) is 2.14. The number of nitrogens with zero attached hydrogens (tertiary/aromatic N) is 3. The van der Waals surface area contributed by atoms with Crippen molar-refractivity contribution in [2.45, 2.75) is 6.92 Å². The average molecular weight is 350 g/mol. The van der Waals surface area contributed by atoms with E-state index in [2.05, 4.69) is 26.4 Å². The van der Waals surface area contributed by atoms with Crippen molar-refractivity contribution in [3.8, 4) is 5.69 Å². The van der Waals surface area contributed by atoms with Gasteiger partial charge in [-0.15, -0.1) is 5.10 Å². The second-order valence-corrected chi connectivity index (χ2v) is 5.58. The Morgan fingerprint density at radius 3 is 2.46 bits per heavy atom. The average Bonchev–Trinajstić information content (AvgIpc) is 3.17. The minimum atomic E-state index is -0.545. The minimum Gasteiger partial charge on any atom is -0.376 e. The second-order valence-electron chi connectivity index (χ2n) is 5.58. The first-order valence-electron chi connectivity index (χ1n) is 7.99. The molecule has 8 heteroatoms. The number of hydrazine groups is 1. The van der Waals surface area contributed by atoms with Crippen LogP contribution in [0.3, 0.4) is 0 Å². The van der Waals surface area contributed by atoms with E-state index in [-0.39, 0.29) is 18.1 Å². The summed E-state index contributed by atoms with van der Waals surface area (Å²) >= 11 is 0. The molecule has 3 N–H and O–H groups in total. The van der Waals surface area contributed by atoms with Gasteiger partial charge in [-0.2, -0.15) is 9.90 Å². The third-order valence-corrected chi connectivity index (χ3v) is 3.53. The first kappa shape index (κ1) is 17.2. The Labute approximate surface area is 150 Å². The van der Waals surface area contributed by atoms with E-state index in [4.69, 9.17) is 0 Å². The molecule has 8 nitrogen and oxygen atoms in total. The van der Waals surface area contributed by atoms with Crippen LogP contribution in [0, 0.1) is 6.92 Å². The number of aryl methyl sites for hydroxylation is 1. The number of hydrogen-bond acceptors (Lipinski definition) is 5. The Morgan fingerprint density at radius 2 is 1.73 bits per heavy atom. The van der Waals surface area contributed by atoms with Crippen molar-refractivity contribution in [1.29, 1.82) is 0 Å². The lowest BCUT2D eigenvalue weighted by Gasteiger charge is -2.08. The number of amides is 2. The Morgan fingerprint density at radius 1 is 1.00 bits per heavy atom. The van der Waals surface area contributed by atoms with Crippen molar-refractivity contribution in [3.05, 3.63) is 72.1 Å². The molecule has 0 atom stereocenters. The fourth-order valence-electron chi connectivity index (χ4n) is 2.14. The van der Waals surface area contributed by atoms with E-state index in [9.17, 15) is 9.59 Å². The number of carbonyl (C=O) groups is 2. The van der Waals surface area contributed by atoms with E-state index in [1.165, 1.54) is 11.0 Å². The van der Waals surface area contributed by atoms with Crippen LogP contribution in [0.2, 0.25) is 0 Å². The lowest BCUT2D eigenvalue weighted by molar-refractivity contribution is -0.120. The van der Waals surface area contributed by atoms with Crippen molar-refractivity contribution in [2.75, 3.05) is 11.9 Å². The van der Waals surface area contributed by atoms with Gasteiger partial charge in [0.15, 0.2) is 5.69 Å². The van der Waals surface area contributed by atoms with Gasteiger partial charge in [-0.1, -0.05) is 35.9 Å². The highest BCUT2D eigenvalue weighted by Crippen LogP contribution is 2.07. The Hall–Kier alpha value is -3.68. The molecule has 0 radical (unpaired) electrons. The van der Waals surface area contributed by atoms with Gasteiger partial charge in [-0.3, -0.25) is 20.4 Å². The van der Waals surface area contributed by atoms with E-state index in [0.717, 1.165) is 16.9 Å². The van der Waals surface area contributed by atoms with Crippen LogP contribution < -0.4 is 16.2 Å². The summed E-state index contributed by atoms with van der Waals surface area (Å²) in [5, 5.41) is 11.1. The highest BCUT2D eigenvalue weighted by atomic mass is 16.2. The summed E-state index contributed by atoms with van der Waals surface area (Å²) < 4.78 is 0. The Bertz CT molecular complexity index is 890. The molecule has 1 heterocycles. The SMILES string of the molecule is Cc1ccc(NCC(=O)NNC(=O)c2cnn(-c3ccccc3)n2)cc1. The van der Waals surface area contributed by atoms with E-state index in [0.29, 0.717) is 0 Å². The van der Waals surface area contributed by atoms with Crippen LogP contribution in [0.15, 0.2) is 60.8 Å². The lowest BCUT2D eigenvalue weighted by Crippen LogP contribution is -2.44. The van der Waals surface area contributed by atoms with Gasteiger partial charge < -0.3 is 5.32 Å². The first-order valence-corrected chi connectivity index (χ1v) is 7.99. The number of rotatable bonds is 5. The number of anilines is 1. The van der Waals surface area contributed by atoms with Crippen LogP contribution in [0.1, 0.15) is 16.1 Å². The predicted molar refractivity (Wildman–Crippen MR) is 96.6 cm³/mol. The molecule has 0 aliphatic rings.